The first kappa shape index (κ1) is 11.7. The van der Waals surface area contributed by atoms with E-state index in [4.69, 9.17) is 5.26 Å². The highest BCUT2D eigenvalue weighted by molar-refractivity contribution is 5.83. The summed E-state index contributed by atoms with van der Waals surface area (Å²) in [4.78, 5) is 6.17. The maximum absolute atomic E-state index is 9.00. The summed E-state index contributed by atoms with van der Waals surface area (Å²) in [5, 5.41) is 9.00. The highest BCUT2D eigenvalue weighted by Gasteiger charge is 2.27. The quantitative estimate of drug-likeness (QED) is 0.537. The number of fused-ring (bicyclic) bond motifs is 2. The van der Waals surface area contributed by atoms with Crippen LogP contribution in [0.1, 0.15) is 19.8 Å². The Hall–Kier alpha value is -1.82. The first-order valence-corrected chi connectivity index (χ1v) is 5.88. The Morgan fingerprint density at radius 2 is 2.35 bits per heavy atom. The zero-order chi connectivity index (χ0) is 12.3. The third kappa shape index (κ3) is 2.65. The number of hydrogen-bond acceptors (Lipinski definition) is 3. The molecule has 1 atom stereocenters. The van der Waals surface area contributed by atoms with E-state index in [2.05, 4.69) is 35.0 Å². The molecule has 1 unspecified atom stereocenters. The highest BCUT2D eigenvalue weighted by atomic mass is 15.2. The van der Waals surface area contributed by atoms with E-state index < -0.39 is 0 Å². The number of likely N-dealkylation sites (tertiary alicyclic amines) is 1. The molecule has 0 saturated carbocycles. The molecule has 1 aliphatic carbocycles. The molecule has 0 aromatic rings. The molecule has 2 aliphatic rings. The van der Waals surface area contributed by atoms with Gasteiger partial charge in [-0.1, -0.05) is 17.7 Å². The van der Waals surface area contributed by atoms with Crippen LogP contribution in [0, 0.1) is 11.3 Å². The maximum atomic E-state index is 9.00. The van der Waals surface area contributed by atoms with E-state index in [-0.39, 0.29) is 0 Å². The number of hydrogen-bond donors (Lipinski definition) is 0. The molecule has 3 nitrogen and oxygen atoms in total. The van der Waals surface area contributed by atoms with E-state index in [9.17, 15) is 0 Å². The summed E-state index contributed by atoms with van der Waals surface area (Å²) in [5.41, 5.74) is 3.49. The van der Waals surface area contributed by atoms with Crippen LogP contribution in [-0.2, 0) is 0 Å². The third-order valence-electron chi connectivity index (χ3n) is 3.22. The summed E-state index contributed by atoms with van der Waals surface area (Å²) in [7, 11) is 1.69. The van der Waals surface area contributed by atoms with Gasteiger partial charge in [0.1, 0.15) is 6.07 Å². The second-order valence-corrected chi connectivity index (χ2v) is 4.66. The van der Waals surface area contributed by atoms with E-state index in [1.54, 1.807) is 13.3 Å². The van der Waals surface area contributed by atoms with Crippen molar-refractivity contribution in [3.05, 3.63) is 35.1 Å². The van der Waals surface area contributed by atoms with Crippen molar-refractivity contribution >= 4 is 6.21 Å². The summed E-state index contributed by atoms with van der Waals surface area (Å²) in [6.45, 7) is 3.11. The third-order valence-corrected chi connectivity index (χ3v) is 3.22. The van der Waals surface area contributed by atoms with Gasteiger partial charge in [0.15, 0.2) is 0 Å². The molecule has 0 aromatic heterocycles. The molecule has 1 saturated heterocycles. The van der Waals surface area contributed by atoms with Crippen LogP contribution in [0.2, 0.25) is 0 Å². The van der Waals surface area contributed by atoms with E-state index >= 15 is 0 Å². The second-order valence-electron chi connectivity index (χ2n) is 4.66. The molecule has 1 fully saturated rings. The topological polar surface area (TPSA) is 39.4 Å². The molecule has 0 amide bonds. The zero-order valence-corrected chi connectivity index (χ0v) is 10.3. The fourth-order valence-corrected chi connectivity index (χ4v) is 2.42. The number of allylic oxidation sites excluding steroid dienone is 3. The lowest BCUT2D eigenvalue weighted by Crippen LogP contribution is -2.25. The SMILES string of the molecule is CN=C/C(C#N)=C\N1CC2=CC=C(C)CC1C2. The summed E-state index contributed by atoms with van der Waals surface area (Å²) in [6, 6.07) is 2.68. The van der Waals surface area contributed by atoms with E-state index in [1.807, 2.05) is 6.20 Å². The summed E-state index contributed by atoms with van der Waals surface area (Å²) >= 11 is 0. The average molecular weight is 227 g/mol. The van der Waals surface area contributed by atoms with Crippen LogP contribution < -0.4 is 0 Å². The normalized spacial score (nSPS) is 24.4. The van der Waals surface area contributed by atoms with Crippen LogP contribution in [-0.4, -0.2) is 30.7 Å². The largest absolute Gasteiger partial charge is 0.369 e. The van der Waals surface area contributed by atoms with Crippen LogP contribution in [0.15, 0.2) is 40.1 Å². The molecule has 3 heteroatoms. The Morgan fingerprint density at radius 1 is 1.53 bits per heavy atom. The molecule has 0 aromatic carbocycles. The fraction of sp³-hybridized carbons (Fsp3) is 0.429. The smallest absolute Gasteiger partial charge is 0.102 e. The van der Waals surface area contributed by atoms with Gasteiger partial charge in [-0.25, -0.2) is 0 Å². The summed E-state index contributed by atoms with van der Waals surface area (Å²) in [5.74, 6) is 0. The lowest BCUT2D eigenvalue weighted by atomic mass is 10.1. The molecule has 2 bridgehead atoms. The molecule has 0 spiro atoms. The summed E-state index contributed by atoms with van der Waals surface area (Å²) < 4.78 is 0. The van der Waals surface area contributed by atoms with Crippen molar-refractivity contribution in [3.8, 4) is 6.07 Å². The predicted molar refractivity (Wildman–Crippen MR) is 69.7 cm³/mol. The summed E-state index contributed by atoms with van der Waals surface area (Å²) in [6.07, 6.45) is 10.2. The predicted octanol–water partition coefficient (Wildman–Crippen LogP) is 2.45. The Bertz CT molecular complexity index is 460. The number of nitriles is 1. The first-order valence-electron chi connectivity index (χ1n) is 5.88. The molecule has 2 rings (SSSR count). The number of nitrogens with zero attached hydrogens (tertiary/aromatic N) is 3. The van der Waals surface area contributed by atoms with Crippen molar-refractivity contribution < 1.29 is 0 Å². The Kier molecular flexibility index (Phi) is 3.43. The molecule has 0 N–H and O–H groups in total. The van der Waals surface area contributed by atoms with E-state index in [0.717, 1.165) is 19.4 Å². The van der Waals surface area contributed by atoms with Gasteiger partial charge in [-0.3, -0.25) is 4.99 Å². The Balaban J connectivity index is 2.19. The van der Waals surface area contributed by atoms with E-state index in [1.165, 1.54) is 11.1 Å². The minimum atomic E-state index is 0.508. The van der Waals surface area contributed by atoms with Gasteiger partial charge in [0.2, 0.25) is 0 Å². The molecule has 17 heavy (non-hydrogen) atoms. The monoisotopic (exact) mass is 227 g/mol. The second kappa shape index (κ2) is 5.01. The van der Waals surface area contributed by atoms with Crippen LogP contribution in [0.25, 0.3) is 0 Å². The zero-order valence-electron chi connectivity index (χ0n) is 10.3. The Morgan fingerprint density at radius 3 is 3.06 bits per heavy atom. The number of aliphatic imine (C=N–C) groups is 1. The number of rotatable bonds is 2. The van der Waals surface area contributed by atoms with Crippen molar-refractivity contribution in [2.75, 3.05) is 13.6 Å². The van der Waals surface area contributed by atoms with Gasteiger partial charge in [0.25, 0.3) is 0 Å². The minimum absolute atomic E-state index is 0.508. The van der Waals surface area contributed by atoms with Gasteiger partial charge in [0, 0.05) is 32.0 Å². The van der Waals surface area contributed by atoms with Crippen molar-refractivity contribution in [2.45, 2.75) is 25.8 Å². The standard InChI is InChI=1S/C14H17N3/c1-11-3-4-12-6-14(5-11)17(9-12)10-13(7-15)8-16-2/h3-4,8,10,14H,5-6,9H2,1-2H3/b13-10-,16-8?. The van der Waals surface area contributed by atoms with Crippen LogP contribution >= 0.6 is 0 Å². The van der Waals surface area contributed by atoms with Crippen molar-refractivity contribution in [1.82, 2.24) is 4.90 Å². The van der Waals surface area contributed by atoms with Gasteiger partial charge in [-0.2, -0.15) is 5.26 Å². The molecular formula is C14H17N3. The van der Waals surface area contributed by atoms with Crippen LogP contribution in [0.5, 0.6) is 0 Å². The molecule has 1 aliphatic heterocycles. The van der Waals surface area contributed by atoms with Crippen molar-refractivity contribution in [1.29, 1.82) is 5.26 Å². The van der Waals surface area contributed by atoms with Gasteiger partial charge in [0.05, 0.1) is 5.57 Å². The van der Waals surface area contributed by atoms with Crippen molar-refractivity contribution in [2.24, 2.45) is 4.99 Å². The van der Waals surface area contributed by atoms with Gasteiger partial charge in [-0.05, 0) is 25.3 Å². The van der Waals surface area contributed by atoms with E-state index in [0.29, 0.717) is 11.6 Å². The van der Waals surface area contributed by atoms with Gasteiger partial charge in [-0.15, -0.1) is 0 Å². The first-order chi connectivity index (χ1) is 8.22. The van der Waals surface area contributed by atoms with Crippen molar-refractivity contribution in [3.63, 3.8) is 0 Å². The molecular weight excluding hydrogens is 210 g/mol. The highest BCUT2D eigenvalue weighted by Crippen LogP contribution is 2.30. The van der Waals surface area contributed by atoms with Crippen LogP contribution in [0.4, 0.5) is 0 Å². The molecule has 1 heterocycles. The van der Waals surface area contributed by atoms with Crippen LogP contribution in [0.3, 0.4) is 0 Å². The lowest BCUT2D eigenvalue weighted by molar-refractivity contribution is 0.347. The van der Waals surface area contributed by atoms with Gasteiger partial charge < -0.3 is 4.90 Å². The maximum Gasteiger partial charge on any atom is 0.102 e. The Labute approximate surface area is 102 Å². The van der Waals surface area contributed by atoms with Gasteiger partial charge >= 0.3 is 0 Å². The molecule has 0 radical (unpaired) electrons. The minimum Gasteiger partial charge on any atom is -0.369 e. The fourth-order valence-electron chi connectivity index (χ4n) is 2.42. The lowest BCUT2D eigenvalue weighted by Gasteiger charge is -2.23. The molecule has 88 valence electrons. The average Bonchev–Trinajstić information content (AvgIpc) is 2.57.